The molecule has 0 aliphatic rings. The van der Waals surface area contributed by atoms with Gasteiger partial charge in [0, 0.05) is 0 Å². The Morgan fingerprint density at radius 2 is 2.14 bits per heavy atom. The molecule has 0 aliphatic carbocycles. The molecule has 0 unspecified atom stereocenters. The lowest BCUT2D eigenvalue weighted by Crippen LogP contribution is -2.25. The minimum absolute atomic E-state index is 0.195. The lowest BCUT2D eigenvalue weighted by Gasteiger charge is -2.22. The van der Waals surface area contributed by atoms with Crippen LogP contribution in [0.2, 0.25) is 0 Å². The molecule has 0 aromatic carbocycles. The van der Waals surface area contributed by atoms with Crippen molar-refractivity contribution in [2.45, 2.75) is 59.6 Å². The third-order valence-corrected chi connectivity index (χ3v) is 3.23. The number of nitrogens with zero attached hydrogens (tertiary/aromatic N) is 4. The van der Waals surface area contributed by atoms with Gasteiger partial charge in [-0.15, -0.1) is 0 Å². The number of esters is 1. The molecule has 2 rings (SSSR count). The molecule has 7 nitrogen and oxygen atoms in total. The van der Waals surface area contributed by atoms with Gasteiger partial charge in [0.1, 0.15) is 5.56 Å². The summed E-state index contributed by atoms with van der Waals surface area (Å²) in [5.74, 6) is 0.357. The number of hydrogen-bond donors (Lipinski definition) is 0. The Labute approximate surface area is 129 Å². The normalized spacial score (nSPS) is 13.2. The number of aryl methyl sites for hydroxylation is 1. The van der Waals surface area contributed by atoms with Crippen molar-refractivity contribution in [1.29, 1.82) is 0 Å². The van der Waals surface area contributed by atoms with Crippen LogP contribution in [0.3, 0.4) is 0 Å². The Morgan fingerprint density at radius 3 is 2.64 bits per heavy atom. The molecule has 120 valence electrons. The molecule has 1 atom stereocenters. The van der Waals surface area contributed by atoms with E-state index in [2.05, 4.69) is 15.2 Å². The van der Waals surface area contributed by atoms with E-state index in [0.29, 0.717) is 17.8 Å². The van der Waals surface area contributed by atoms with Crippen LogP contribution in [-0.4, -0.2) is 25.9 Å². The molecule has 2 aromatic heterocycles. The minimum Gasteiger partial charge on any atom is -0.449 e. The summed E-state index contributed by atoms with van der Waals surface area (Å²) in [6.45, 7) is 11.5. The number of ether oxygens (including phenoxy) is 1. The number of rotatable bonds is 4. The van der Waals surface area contributed by atoms with Gasteiger partial charge in [-0.25, -0.2) is 4.79 Å². The molecule has 0 fully saturated rings. The predicted octanol–water partition coefficient (Wildman–Crippen LogP) is 2.81. The van der Waals surface area contributed by atoms with E-state index in [4.69, 9.17) is 9.26 Å². The number of hydrogen-bond acceptors (Lipinski definition) is 6. The van der Waals surface area contributed by atoms with Gasteiger partial charge in [-0.3, -0.25) is 4.68 Å². The van der Waals surface area contributed by atoms with E-state index in [1.54, 1.807) is 20.0 Å². The van der Waals surface area contributed by atoms with E-state index in [0.717, 1.165) is 5.69 Å². The third kappa shape index (κ3) is 3.18. The average molecular weight is 306 g/mol. The average Bonchev–Trinajstić information content (AvgIpc) is 3.03. The Kier molecular flexibility index (Phi) is 4.35. The number of carbonyl (C=O) groups excluding carboxylic acids is 1. The fourth-order valence-electron chi connectivity index (χ4n) is 2.22. The van der Waals surface area contributed by atoms with Crippen LogP contribution >= 0.6 is 0 Å². The molecule has 0 radical (unpaired) electrons. The molecule has 0 N–H and O–H groups in total. The van der Waals surface area contributed by atoms with Crippen LogP contribution in [0.15, 0.2) is 10.7 Å². The summed E-state index contributed by atoms with van der Waals surface area (Å²) in [5, 5.41) is 8.02. The first-order valence-corrected chi connectivity index (χ1v) is 7.32. The first kappa shape index (κ1) is 16.2. The standard InChI is InChI=1S/C15H22N4O3/c1-7-12-11(8-16-19(12)15(4,5)6)14(20)21-9(2)13-17-10(3)18-22-13/h8-9H,7H2,1-6H3/t9-/m1/s1. The highest BCUT2D eigenvalue weighted by Gasteiger charge is 2.26. The van der Waals surface area contributed by atoms with Crippen LogP contribution in [0.25, 0.3) is 0 Å². The topological polar surface area (TPSA) is 83.0 Å². The monoisotopic (exact) mass is 306 g/mol. The van der Waals surface area contributed by atoms with E-state index in [1.165, 1.54) is 0 Å². The van der Waals surface area contributed by atoms with Crippen LogP contribution in [0.4, 0.5) is 0 Å². The first-order chi connectivity index (χ1) is 10.2. The highest BCUT2D eigenvalue weighted by Crippen LogP contribution is 2.22. The lowest BCUT2D eigenvalue weighted by molar-refractivity contribution is 0.0264. The van der Waals surface area contributed by atoms with Gasteiger partial charge in [-0.1, -0.05) is 12.1 Å². The maximum atomic E-state index is 12.4. The zero-order chi connectivity index (χ0) is 16.5. The Hall–Kier alpha value is -2.18. The summed E-state index contributed by atoms with van der Waals surface area (Å²) >= 11 is 0. The van der Waals surface area contributed by atoms with Gasteiger partial charge in [0.15, 0.2) is 11.9 Å². The van der Waals surface area contributed by atoms with Crippen LogP contribution in [-0.2, 0) is 16.7 Å². The SMILES string of the molecule is CCc1c(C(=O)O[C@H](C)c2nc(C)no2)cnn1C(C)(C)C. The fraction of sp³-hybridized carbons (Fsp3) is 0.600. The van der Waals surface area contributed by atoms with Crippen molar-refractivity contribution < 1.29 is 14.1 Å². The van der Waals surface area contributed by atoms with Gasteiger partial charge in [-0.05, 0) is 41.0 Å². The summed E-state index contributed by atoms with van der Waals surface area (Å²) in [6.07, 6.45) is 1.64. The largest absolute Gasteiger partial charge is 0.449 e. The van der Waals surface area contributed by atoms with Gasteiger partial charge >= 0.3 is 5.97 Å². The summed E-state index contributed by atoms with van der Waals surface area (Å²) in [6, 6.07) is 0. The predicted molar refractivity (Wildman–Crippen MR) is 79.5 cm³/mol. The number of carbonyl (C=O) groups is 1. The molecule has 0 saturated carbocycles. The molecule has 0 spiro atoms. The summed E-state index contributed by atoms with van der Waals surface area (Å²) in [5.41, 5.74) is 1.13. The van der Waals surface area contributed by atoms with Gasteiger partial charge in [-0.2, -0.15) is 10.1 Å². The van der Waals surface area contributed by atoms with E-state index >= 15 is 0 Å². The quantitative estimate of drug-likeness (QED) is 0.808. The van der Waals surface area contributed by atoms with Gasteiger partial charge < -0.3 is 9.26 Å². The molecule has 2 heterocycles. The Bertz CT molecular complexity index is 667. The zero-order valence-electron chi connectivity index (χ0n) is 13.9. The highest BCUT2D eigenvalue weighted by molar-refractivity contribution is 5.90. The fourth-order valence-corrected chi connectivity index (χ4v) is 2.22. The molecule has 2 aromatic rings. The summed E-state index contributed by atoms with van der Waals surface area (Å²) < 4.78 is 12.3. The molecule has 22 heavy (non-hydrogen) atoms. The molecular weight excluding hydrogens is 284 g/mol. The highest BCUT2D eigenvalue weighted by atomic mass is 16.6. The van der Waals surface area contributed by atoms with Crippen LogP contribution in [0.5, 0.6) is 0 Å². The summed E-state index contributed by atoms with van der Waals surface area (Å²) in [4.78, 5) is 16.5. The van der Waals surface area contributed by atoms with Crippen molar-refractivity contribution in [3.63, 3.8) is 0 Å². The number of aromatic nitrogens is 4. The van der Waals surface area contributed by atoms with Gasteiger partial charge in [0.05, 0.1) is 17.4 Å². The first-order valence-electron chi connectivity index (χ1n) is 7.32. The van der Waals surface area contributed by atoms with E-state index in [9.17, 15) is 4.79 Å². The van der Waals surface area contributed by atoms with Gasteiger partial charge in [0.2, 0.25) is 0 Å². The van der Waals surface area contributed by atoms with E-state index in [1.807, 2.05) is 32.4 Å². The maximum absolute atomic E-state index is 12.4. The van der Waals surface area contributed by atoms with Crippen molar-refractivity contribution in [3.8, 4) is 0 Å². The lowest BCUT2D eigenvalue weighted by atomic mass is 10.1. The van der Waals surface area contributed by atoms with Gasteiger partial charge in [0.25, 0.3) is 5.89 Å². The zero-order valence-corrected chi connectivity index (χ0v) is 13.9. The molecule has 0 saturated heterocycles. The summed E-state index contributed by atoms with van der Waals surface area (Å²) in [7, 11) is 0. The van der Waals surface area contributed by atoms with Crippen molar-refractivity contribution in [1.82, 2.24) is 19.9 Å². The Morgan fingerprint density at radius 1 is 1.45 bits per heavy atom. The minimum atomic E-state index is -0.601. The van der Waals surface area contributed by atoms with Crippen molar-refractivity contribution in [3.05, 3.63) is 29.2 Å². The third-order valence-electron chi connectivity index (χ3n) is 3.23. The molecule has 0 aliphatic heterocycles. The van der Waals surface area contributed by atoms with Crippen molar-refractivity contribution in [2.75, 3.05) is 0 Å². The second kappa shape index (κ2) is 5.90. The molecule has 7 heteroatoms. The second-order valence-corrected chi connectivity index (χ2v) is 6.17. The molecular formula is C15H22N4O3. The maximum Gasteiger partial charge on any atom is 0.342 e. The van der Waals surface area contributed by atoms with Crippen molar-refractivity contribution in [2.24, 2.45) is 0 Å². The van der Waals surface area contributed by atoms with Crippen molar-refractivity contribution >= 4 is 5.97 Å². The molecule has 0 amide bonds. The van der Waals surface area contributed by atoms with E-state index in [-0.39, 0.29) is 11.4 Å². The van der Waals surface area contributed by atoms with Crippen LogP contribution in [0, 0.1) is 6.92 Å². The van der Waals surface area contributed by atoms with E-state index < -0.39 is 12.1 Å². The molecule has 0 bridgehead atoms. The smallest absolute Gasteiger partial charge is 0.342 e. The second-order valence-electron chi connectivity index (χ2n) is 6.17. The Balaban J connectivity index is 2.21. The van der Waals surface area contributed by atoms with Crippen LogP contribution in [0.1, 0.15) is 68.5 Å². The van der Waals surface area contributed by atoms with Crippen LogP contribution < -0.4 is 0 Å².